The van der Waals surface area contributed by atoms with Gasteiger partial charge < -0.3 is 15.5 Å². The number of benzene rings is 2. The predicted molar refractivity (Wildman–Crippen MR) is 147 cm³/mol. The number of pyridine rings is 2. The quantitative estimate of drug-likeness (QED) is 0.335. The van der Waals surface area contributed by atoms with Crippen molar-refractivity contribution in [3.8, 4) is 22.4 Å². The molecule has 0 radical (unpaired) electrons. The molecule has 2 unspecified atom stereocenters. The van der Waals surface area contributed by atoms with Gasteiger partial charge in [0.2, 0.25) is 0 Å². The summed E-state index contributed by atoms with van der Waals surface area (Å²) in [7, 11) is 3.33. The summed E-state index contributed by atoms with van der Waals surface area (Å²) in [6.07, 6.45) is 4.72. The van der Waals surface area contributed by atoms with E-state index in [0.717, 1.165) is 27.8 Å². The zero-order valence-electron chi connectivity index (χ0n) is 21.1. The van der Waals surface area contributed by atoms with E-state index in [4.69, 9.17) is 0 Å². The van der Waals surface area contributed by atoms with E-state index in [9.17, 15) is 14.0 Å². The first-order chi connectivity index (χ1) is 18.9. The number of aliphatic imine (C=N–C) groups is 1. The van der Waals surface area contributed by atoms with Gasteiger partial charge in [-0.3, -0.25) is 25.1 Å². The van der Waals surface area contributed by atoms with Crippen LogP contribution in [0.1, 0.15) is 17.2 Å². The van der Waals surface area contributed by atoms with Crippen LogP contribution in [-0.2, 0) is 4.79 Å². The molecule has 0 saturated carbocycles. The Morgan fingerprint density at radius 2 is 1.67 bits per heavy atom. The Labute approximate surface area is 223 Å². The van der Waals surface area contributed by atoms with Crippen molar-refractivity contribution in [3.63, 3.8) is 0 Å². The number of fused-ring (bicyclic) bond motifs is 3. The van der Waals surface area contributed by atoms with Crippen LogP contribution in [0.5, 0.6) is 0 Å². The van der Waals surface area contributed by atoms with Crippen molar-refractivity contribution in [1.82, 2.24) is 20.2 Å². The lowest BCUT2D eigenvalue weighted by Gasteiger charge is -2.17. The highest BCUT2D eigenvalue weighted by atomic mass is 19.1. The Kier molecular flexibility index (Phi) is 6.08. The molecule has 3 amide bonds. The van der Waals surface area contributed by atoms with Crippen molar-refractivity contribution in [2.24, 2.45) is 4.99 Å². The van der Waals surface area contributed by atoms with E-state index in [1.54, 1.807) is 57.0 Å². The third kappa shape index (κ3) is 4.97. The molecular formula is C29H24FN7O2. The van der Waals surface area contributed by atoms with Crippen LogP contribution >= 0.6 is 0 Å². The molecule has 10 heteroatoms. The highest BCUT2D eigenvalue weighted by Gasteiger charge is 2.44. The summed E-state index contributed by atoms with van der Waals surface area (Å²) in [6.45, 7) is 0. The Morgan fingerprint density at radius 1 is 0.872 bits per heavy atom. The summed E-state index contributed by atoms with van der Waals surface area (Å²) in [5, 5.41) is 8.99. The molecular weight excluding hydrogens is 497 g/mol. The number of anilines is 2. The first-order valence-corrected chi connectivity index (χ1v) is 12.3. The molecule has 3 N–H and O–H groups in total. The molecule has 1 fully saturated rings. The first-order valence-electron chi connectivity index (χ1n) is 12.3. The van der Waals surface area contributed by atoms with Crippen molar-refractivity contribution in [1.29, 1.82) is 0 Å². The van der Waals surface area contributed by atoms with Crippen molar-refractivity contribution in [2.75, 3.05) is 24.7 Å². The summed E-state index contributed by atoms with van der Waals surface area (Å²) in [4.78, 5) is 40.2. The molecule has 9 nitrogen and oxygen atoms in total. The summed E-state index contributed by atoms with van der Waals surface area (Å²) in [6, 6.07) is 17.1. The Morgan fingerprint density at radius 3 is 2.41 bits per heavy atom. The standard InChI is InChI=1S/C29H24FN7O2/c1-37(2)29(39)34-21-11-18(13-31-14-21)17-5-9-22-23(12-17)26(36-27-25(22)35-27)28(38)33-20-8-10-24(32-15-20)16-3-6-19(30)7-4-16/h3-15,25,27,35H,1-2H3,(H,33,38)(H,34,39). The van der Waals surface area contributed by atoms with Gasteiger partial charge in [-0.05, 0) is 59.7 Å². The topological polar surface area (TPSA) is 122 Å². The number of rotatable bonds is 5. The predicted octanol–water partition coefficient (Wildman–Crippen LogP) is 4.46. The molecule has 2 aliphatic heterocycles. The number of hydrogen-bond donors (Lipinski definition) is 3. The van der Waals surface area contributed by atoms with E-state index < -0.39 is 0 Å². The fourth-order valence-electron chi connectivity index (χ4n) is 4.45. The highest BCUT2D eigenvalue weighted by molar-refractivity contribution is 6.49. The van der Waals surface area contributed by atoms with Crippen LogP contribution in [-0.4, -0.2) is 52.8 Å². The van der Waals surface area contributed by atoms with Crippen LogP contribution in [0.25, 0.3) is 22.4 Å². The number of amides is 3. The molecule has 2 aromatic heterocycles. The number of nitrogens with one attached hydrogen (secondary N) is 3. The summed E-state index contributed by atoms with van der Waals surface area (Å²) >= 11 is 0. The van der Waals surface area contributed by atoms with Crippen LogP contribution in [0, 0.1) is 5.82 Å². The number of carbonyl (C=O) groups excluding carboxylic acids is 2. The highest BCUT2D eigenvalue weighted by Crippen LogP contribution is 2.39. The maximum Gasteiger partial charge on any atom is 0.321 e. The third-order valence-corrected chi connectivity index (χ3v) is 6.57. The number of nitrogens with zero attached hydrogens (tertiary/aromatic N) is 4. The van der Waals surface area contributed by atoms with Crippen LogP contribution in [0.3, 0.4) is 0 Å². The average molecular weight is 522 g/mol. The monoisotopic (exact) mass is 521 g/mol. The van der Waals surface area contributed by atoms with Gasteiger partial charge in [-0.1, -0.05) is 12.1 Å². The minimum Gasteiger partial charge on any atom is -0.331 e. The average Bonchev–Trinajstić information content (AvgIpc) is 3.73. The second-order valence-corrected chi connectivity index (χ2v) is 9.55. The van der Waals surface area contributed by atoms with Gasteiger partial charge >= 0.3 is 6.03 Å². The van der Waals surface area contributed by atoms with Crippen molar-refractivity contribution < 1.29 is 14.0 Å². The molecule has 2 aliphatic rings. The fourth-order valence-corrected chi connectivity index (χ4v) is 4.45. The summed E-state index contributed by atoms with van der Waals surface area (Å²) in [5.74, 6) is -0.659. The Balaban J connectivity index is 1.24. The molecule has 2 atom stereocenters. The van der Waals surface area contributed by atoms with Gasteiger partial charge in [-0.25, -0.2) is 9.18 Å². The van der Waals surface area contributed by atoms with Crippen LogP contribution < -0.4 is 16.0 Å². The maximum atomic E-state index is 13.4. The van der Waals surface area contributed by atoms with E-state index in [2.05, 4.69) is 30.9 Å². The second kappa shape index (κ2) is 9.73. The lowest BCUT2D eigenvalue weighted by Crippen LogP contribution is -2.27. The van der Waals surface area contributed by atoms with Gasteiger partial charge in [-0.15, -0.1) is 0 Å². The minimum absolute atomic E-state index is 0.0751. The molecule has 2 aromatic carbocycles. The van der Waals surface area contributed by atoms with E-state index in [1.807, 2.05) is 24.3 Å². The number of aromatic nitrogens is 2. The molecule has 6 rings (SSSR count). The molecule has 4 aromatic rings. The molecule has 0 spiro atoms. The molecule has 0 bridgehead atoms. The largest absolute Gasteiger partial charge is 0.331 e. The molecule has 194 valence electrons. The SMILES string of the molecule is CN(C)C(=O)Nc1cncc(-c2ccc3c(c2)C(C(=O)Nc2ccc(-c4ccc(F)cc4)nc2)=NC2NC32)c1. The van der Waals surface area contributed by atoms with Gasteiger partial charge in [-0.2, -0.15) is 0 Å². The van der Waals surface area contributed by atoms with Crippen molar-refractivity contribution in [2.45, 2.75) is 12.2 Å². The van der Waals surface area contributed by atoms with Gasteiger partial charge in [0.1, 0.15) is 17.7 Å². The lowest BCUT2D eigenvalue weighted by atomic mass is 9.92. The number of hydrogen-bond acceptors (Lipinski definition) is 6. The zero-order chi connectivity index (χ0) is 27.1. The molecule has 0 aliphatic carbocycles. The smallest absolute Gasteiger partial charge is 0.321 e. The Bertz CT molecular complexity index is 1620. The first kappa shape index (κ1) is 24.4. The van der Waals surface area contributed by atoms with Gasteiger partial charge in [0.15, 0.2) is 0 Å². The number of halogens is 1. The summed E-state index contributed by atoms with van der Waals surface area (Å²) in [5.41, 5.74) is 6.22. The maximum absolute atomic E-state index is 13.4. The Hall–Kier alpha value is -4.96. The van der Waals surface area contributed by atoms with Gasteiger partial charge in [0, 0.05) is 37.0 Å². The van der Waals surface area contributed by atoms with Crippen molar-refractivity contribution in [3.05, 3.63) is 96.2 Å². The zero-order valence-corrected chi connectivity index (χ0v) is 21.1. The molecule has 4 heterocycles. The van der Waals surface area contributed by atoms with E-state index in [-0.39, 0.29) is 30.0 Å². The summed E-state index contributed by atoms with van der Waals surface area (Å²) < 4.78 is 13.2. The fraction of sp³-hybridized carbons (Fsp3) is 0.138. The lowest BCUT2D eigenvalue weighted by molar-refractivity contribution is -0.110. The normalized spacial score (nSPS) is 16.8. The number of carbonyl (C=O) groups is 2. The third-order valence-electron chi connectivity index (χ3n) is 6.57. The van der Waals surface area contributed by atoms with E-state index in [1.165, 1.54) is 17.0 Å². The van der Waals surface area contributed by atoms with Crippen molar-refractivity contribution >= 4 is 29.0 Å². The van der Waals surface area contributed by atoms with Crippen LogP contribution in [0.15, 0.2) is 84.2 Å². The number of urea groups is 1. The van der Waals surface area contributed by atoms with Gasteiger partial charge in [0.05, 0.1) is 35.5 Å². The second-order valence-electron chi connectivity index (χ2n) is 9.55. The van der Waals surface area contributed by atoms with E-state index in [0.29, 0.717) is 22.8 Å². The molecule has 1 saturated heterocycles. The van der Waals surface area contributed by atoms with Crippen LogP contribution in [0.4, 0.5) is 20.6 Å². The minimum atomic E-state index is -0.345. The van der Waals surface area contributed by atoms with Gasteiger partial charge in [0.25, 0.3) is 5.91 Å². The van der Waals surface area contributed by atoms with E-state index >= 15 is 0 Å². The molecule has 39 heavy (non-hydrogen) atoms. The van der Waals surface area contributed by atoms with Crippen LogP contribution in [0.2, 0.25) is 0 Å².